The lowest BCUT2D eigenvalue weighted by Gasteiger charge is -2.35. The Morgan fingerprint density at radius 2 is 0.653 bits per heavy atom. The molecular weight excluding hydrogens is 1310 g/mol. The minimum Gasteiger partial charge on any atom is -0.493 e. The van der Waals surface area contributed by atoms with Crippen molar-refractivity contribution in [3.63, 3.8) is 0 Å². The molecule has 516 valence electrons. The number of anilines is 6. The van der Waals surface area contributed by atoms with Crippen LogP contribution in [0.1, 0.15) is 22.3 Å². The summed E-state index contributed by atoms with van der Waals surface area (Å²) in [6, 6.07) is 34.8. The third-order valence-corrected chi connectivity index (χ3v) is 18.5. The molecule has 0 N–H and O–H groups in total. The summed E-state index contributed by atoms with van der Waals surface area (Å²) in [5, 5.41) is 2.80. The Hall–Kier alpha value is -11.6. The van der Waals surface area contributed by atoms with Gasteiger partial charge >= 0.3 is 0 Å². The van der Waals surface area contributed by atoms with Gasteiger partial charge in [-0.2, -0.15) is 0 Å². The van der Waals surface area contributed by atoms with Crippen molar-refractivity contribution in [1.29, 1.82) is 0 Å². The van der Waals surface area contributed by atoms with Crippen LogP contribution in [0.3, 0.4) is 0 Å². The van der Waals surface area contributed by atoms with Crippen molar-refractivity contribution in [3.8, 4) is 34.5 Å². The standard InChI is InChI=1S/2C25H25FN6O2.C24H24N6O2S/c1-33-22-12-20-21(13-23(22)34-2)29-16-30-24(20)31-7-9-32(10-8-31)25-27-14-18(15-28-25)11-17-3-5-19(26)6-4-17;1-33-22-12-20-21(13-23(22)34-2)29-16-30-24(20)31-6-8-32(9-7-31)25-27-14-18(15-28-25)10-17-4-3-5-19(26)11-17;1-31-21-12-19-20(13-22(21)32-2)27-16-28-23(19)29-8-10-30(11-9-29)24-25-14-18(15-26-24)33-17-6-4-3-5-7-17/h3-6,12-16H,7-11H2,1-2H3;3-5,11-16H,6-10H2,1-2H3;3-7,12-16H,8-11H2,1-2H3. The molecule has 9 heterocycles. The van der Waals surface area contributed by atoms with Crippen molar-refractivity contribution in [3.05, 3.63) is 205 Å². The monoisotopic (exact) mass is 1380 g/mol. The fourth-order valence-electron chi connectivity index (χ4n) is 12.3. The van der Waals surface area contributed by atoms with Crippen LogP contribution in [0.2, 0.25) is 0 Å². The van der Waals surface area contributed by atoms with Crippen molar-refractivity contribution in [2.45, 2.75) is 22.6 Å². The molecular formula is C74H74F2N18O6S. The summed E-state index contributed by atoms with van der Waals surface area (Å²) in [5.74, 6) is 8.25. The van der Waals surface area contributed by atoms with Crippen molar-refractivity contribution < 1.29 is 37.2 Å². The highest BCUT2D eigenvalue weighted by Crippen LogP contribution is 2.39. The first-order valence-electron chi connectivity index (χ1n) is 32.8. The molecule has 0 amide bonds. The maximum Gasteiger partial charge on any atom is 0.225 e. The second kappa shape index (κ2) is 31.9. The van der Waals surface area contributed by atoms with Crippen molar-refractivity contribution in [2.24, 2.45) is 0 Å². The van der Waals surface area contributed by atoms with E-state index < -0.39 is 0 Å². The van der Waals surface area contributed by atoms with E-state index >= 15 is 0 Å². The lowest BCUT2D eigenvalue weighted by atomic mass is 10.1. The molecule has 12 aromatic rings. The van der Waals surface area contributed by atoms with Gasteiger partial charge in [0.2, 0.25) is 17.8 Å². The minimum absolute atomic E-state index is 0.233. The van der Waals surface area contributed by atoms with Gasteiger partial charge in [0.1, 0.15) is 48.1 Å². The normalized spacial score (nSPS) is 13.9. The highest BCUT2D eigenvalue weighted by atomic mass is 32.2. The molecule has 3 fully saturated rings. The van der Waals surface area contributed by atoms with Crippen LogP contribution < -0.4 is 57.8 Å². The molecule has 3 saturated heterocycles. The zero-order valence-corrected chi connectivity index (χ0v) is 57.5. The Labute approximate surface area is 587 Å². The second-order valence-corrected chi connectivity index (χ2v) is 24.9. The van der Waals surface area contributed by atoms with E-state index in [9.17, 15) is 8.78 Å². The zero-order chi connectivity index (χ0) is 69.6. The van der Waals surface area contributed by atoms with Crippen LogP contribution in [-0.4, -0.2) is 181 Å². The third-order valence-electron chi connectivity index (χ3n) is 17.5. The zero-order valence-electron chi connectivity index (χ0n) is 56.7. The second-order valence-electron chi connectivity index (χ2n) is 23.7. The molecule has 6 aromatic heterocycles. The average Bonchev–Trinajstić information content (AvgIpc) is 0.794. The Morgan fingerprint density at radius 3 is 1.02 bits per heavy atom. The van der Waals surface area contributed by atoms with E-state index in [0.717, 1.165) is 162 Å². The predicted octanol–water partition coefficient (Wildman–Crippen LogP) is 10.9. The largest absolute Gasteiger partial charge is 0.493 e. The number of fused-ring (bicyclic) bond motifs is 3. The van der Waals surface area contributed by atoms with Crippen molar-refractivity contribution >= 4 is 79.8 Å². The van der Waals surface area contributed by atoms with Crippen LogP contribution in [0, 0.1) is 11.6 Å². The van der Waals surface area contributed by atoms with E-state index in [4.69, 9.17) is 28.4 Å². The molecule has 0 atom stereocenters. The predicted molar refractivity (Wildman–Crippen MR) is 386 cm³/mol. The van der Waals surface area contributed by atoms with Gasteiger partial charge in [0, 0.05) is 173 Å². The summed E-state index contributed by atoms with van der Waals surface area (Å²) in [6.07, 6.45) is 17.1. The maximum absolute atomic E-state index is 13.4. The Balaban J connectivity index is 0.000000135. The van der Waals surface area contributed by atoms with Gasteiger partial charge in [-0.05, 0) is 76.9 Å². The number of aromatic nitrogens is 12. The van der Waals surface area contributed by atoms with E-state index in [1.807, 2.05) is 97.8 Å². The van der Waals surface area contributed by atoms with Crippen molar-refractivity contribution in [2.75, 3.05) is 151 Å². The number of piperazine rings is 3. The van der Waals surface area contributed by atoms with Crippen LogP contribution in [-0.2, 0) is 12.8 Å². The quantitative estimate of drug-likeness (QED) is 0.0777. The SMILES string of the molecule is COc1cc2ncnc(N3CCN(c4ncc(Cc5ccc(F)cc5)cn4)CC3)c2cc1OC.COc1cc2ncnc(N3CCN(c4ncc(Cc5cccc(F)c5)cn4)CC3)c2cc1OC.COc1cc2ncnc(N3CCN(c4ncc(Sc5ccccc5)cn4)CC3)c2cc1OC. The smallest absolute Gasteiger partial charge is 0.225 e. The van der Waals surface area contributed by atoms with E-state index in [1.165, 1.54) is 29.2 Å². The molecule has 0 aliphatic carbocycles. The van der Waals surface area contributed by atoms with Crippen LogP contribution in [0.5, 0.6) is 34.5 Å². The molecule has 24 nitrogen and oxygen atoms in total. The first-order chi connectivity index (χ1) is 49.5. The van der Waals surface area contributed by atoms with Gasteiger partial charge in [-0.3, -0.25) is 0 Å². The average molecular weight is 1380 g/mol. The summed E-state index contributed by atoms with van der Waals surface area (Å²) >= 11 is 1.66. The van der Waals surface area contributed by atoms with E-state index in [2.05, 4.69) is 101 Å². The number of rotatable bonds is 18. The van der Waals surface area contributed by atoms with Gasteiger partial charge < -0.3 is 57.8 Å². The molecule has 3 aliphatic heterocycles. The van der Waals surface area contributed by atoms with Gasteiger partial charge in [-0.1, -0.05) is 54.2 Å². The number of nitrogens with zero attached hydrogens (tertiary/aromatic N) is 18. The third kappa shape index (κ3) is 16.1. The molecule has 0 saturated carbocycles. The number of methoxy groups -OCH3 is 6. The summed E-state index contributed by atoms with van der Waals surface area (Å²) in [7, 11) is 9.73. The summed E-state index contributed by atoms with van der Waals surface area (Å²) in [6.45, 7) is 9.42. The highest BCUT2D eigenvalue weighted by molar-refractivity contribution is 7.99. The van der Waals surface area contributed by atoms with Gasteiger partial charge in [0.05, 0.1) is 59.2 Å². The Morgan fingerprint density at radius 1 is 0.307 bits per heavy atom. The first kappa shape index (κ1) is 67.9. The Bertz CT molecular complexity index is 4750. The highest BCUT2D eigenvalue weighted by Gasteiger charge is 2.27. The Kier molecular flexibility index (Phi) is 21.5. The molecule has 0 spiro atoms. The molecule has 101 heavy (non-hydrogen) atoms. The first-order valence-corrected chi connectivity index (χ1v) is 33.6. The molecule has 0 unspecified atom stereocenters. The lowest BCUT2D eigenvalue weighted by molar-refractivity contribution is 0.356. The summed E-state index contributed by atoms with van der Waals surface area (Å²) in [5.41, 5.74) is 6.31. The van der Waals surface area contributed by atoms with Gasteiger partial charge in [0.15, 0.2) is 34.5 Å². The van der Waals surface area contributed by atoms with E-state index in [0.29, 0.717) is 59.2 Å². The maximum atomic E-state index is 13.4. The number of ether oxygens (including phenoxy) is 6. The topological polar surface area (TPSA) is 229 Å². The molecule has 6 aromatic carbocycles. The molecule has 0 radical (unpaired) electrons. The van der Waals surface area contributed by atoms with Gasteiger partial charge in [-0.25, -0.2) is 68.6 Å². The van der Waals surface area contributed by atoms with Crippen LogP contribution in [0.15, 0.2) is 181 Å². The fraction of sp³-hybridized carbons (Fsp3) is 0.270. The number of hydrogen-bond acceptors (Lipinski definition) is 25. The van der Waals surface area contributed by atoms with Gasteiger partial charge in [-0.15, -0.1) is 0 Å². The summed E-state index contributed by atoms with van der Waals surface area (Å²) < 4.78 is 59.2. The van der Waals surface area contributed by atoms with E-state index in [-0.39, 0.29) is 11.6 Å². The van der Waals surface area contributed by atoms with Crippen molar-refractivity contribution in [1.82, 2.24) is 59.8 Å². The van der Waals surface area contributed by atoms with Crippen LogP contribution >= 0.6 is 11.8 Å². The molecule has 27 heteroatoms. The molecule has 3 aliphatic rings. The van der Waals surface area contributed by atoms with E-state index in [1.54, 1.807) is 91.6 Å². The lowest BCUT2D eigenvalue weighted by Crippen LogP contribution is -2.47. The molecule has 15 rings (SSSR count). The number of halogens is 2. The number of benzene rings is 6. The van der Waals surface area contributed by atoms with Crippen LogP contribution in [0.4, 0.5) is 44.1 Å². The summed E-state index contributed by atoms with van der Waals surface area (Å²) in [4.78, 5) is 69.9. The minimum atomic E-state index is -0.234. The number of hydrogen-bond donors (Lipinski definition) is 0. The fourth-order valence-corrected chi connectivity index (χ4v) is 13.1. The van der Waals surface area contributed by atoms with Crippen LogP contribution in [0.25, 0.3) is 32.7 Å². The van der Waals surface area contributed by atoms with Gasteiger partial charge in [0.25, 0.3) is 0 Å². The molecule has 0 bridgehead atoms.